The molecule has 3 atom stereocenters. The molecule has 140 valence electrons. The van der Waals surface area contributed by atoms with Crippen LogP contribution in [0.15, 0.2) is 30.3 Å². The average molecular weight is 378 g/mol. The monoisotopic (exact) mass is 378 g/mol. The van der Waals surface area contributed by atoms with Gasteiger partial charge in [-0.2, -0.15) is 0 Å². The van der Waals surface area contributed by atoms with Gasteiger partial charge in [0.05, 0.1) is 12.5 Å². The van der Waals surface area contributed by atoms with Gasteiger partial charge in [-0.15, -0.1) is 11.8 Å². The topological polar surface area (TPSA) is 84.9 Å². The van der Waals surface area contributed by atoms with E-state index in [1.54, 1.807) is 16.7 Å². The van der Waals surface area contributed by atoms with Crippen molar-refractivity contribution in [3.63, 3.8) is 0 Å². The Kier molecular flexibility index (Phi) is 6.03. The Morgan fingerprint density at radius 2 is 2.04 bits per heavy atom. The molecule has 0 radical (unpaired) electrons. The summed E-state index contributed by atoms with van der Waals surface area (Å²) in [5, 5.41) is 2.58. The molecule has 8 heteroatoms. The minimum absolute atomic E-state index is 0.0428. The standard InChI is InChI=1S/C18H22N2O5S/c1-24-17(22)14-8-5-9-15-20(14)16(21)13(11-26-15)19-18(23)25-10-12-6-3-2-4-7-12/h2-4,6-7,13-15H,5,8-11H2,1H3,(H,19,23)/t13-,14-,15-/m0/s1. The third-order valence-corrected chi connectivity index (χ3v) is 5.93. The number of thioether (sulfide) groups is 1. The van der Waals surface area contributed by atoms with Crippen molar-refractivity contribution in [1.29, 1.82) is 0 Å². The van der Waals surface area contributed by atoms with E-state index in [1.807, 2.05) is 30.3 Å². The van der Waals surface area contributed by atoms with Crippen molar-refractivity contribution in [2.24, 2.45) is 0 Å². The molecule has 0 spiro atoms. The van der Waals surface area contributed by atoms with Gasteiger partial charge in [-0.05, 0) is 24.8 Å². The fourth-order valence-corrected chi connectivity index (χ4v) is 4.65. The van der Waals surface area contributed by atoms with Crippen LogP contribution in [-0.2, 0) is 25.7 Å². The van der Waals surface area contributed by atoms with Gasteiger partial charge in [-0.3, -0.25) is 4.79 Å². The predicted octanol–water partition coefficient (Wildman–Crippen LogP) is 1.91. The molecule has 0 aromatic heterocycles. The third-order valence-electron chi connectivity index (χ3n) is 4.56. The number of piperidine rings is 1. The van der Waals surface area contributed by atoms with E-state index in [0.29, 0.717) is 12.2 Å². The maximum Gasteiger partial charge on any atom is 0.408 e. The summed E-state index contributed by atoms with van der Waals surface area (Å²) in [6.45, 7) is 0.137. The third kappa shape index (κ3) is 4.12. The number of nitrogens with one attached hydrogen (secondary N) is 1. The van der Waals surface area contributed by atoms with Gasteiger partial charge in [0, 0.05) is 5.75 Å². The molecule has 1 aromatic carbocycles. The van der Waals surface area contributed by atoms with E-state index in [2.05, 4.69) is 5.32 Å². The van der Waals surface area contributed by atoms with Crippen LogP contribution in [0.2, 0.25) is 0 Å². The van der Waals surface area contributed by atoms with E-state index in [0.717, 1.165) is 18.4 Å². The predicted molar refractivity (Wildman–Crippen MR) is 96.3 cm³/mol. The molecule has 0 bridgehead atoms. The molecule has 1 N–H and O–H groups in total. The van der Waals surface area contributed by atoms with Crippen molar-refractivity contribution < 1.29 is 23.9 Å². The van der Waals surface area contributed by atoms with Crippen LogP contribution < -0.4 is 5.32 Å². The molecule has 0 unspecified atom stereocenters. The van der Waals surface area contributed by atoms with Gasteiger partial charge in [-0.1, -0.05) is 30.3 Å². The maximum atomic E-state index is 12.8. The van der Waals surface area contributed by atoms with Gasteiger partial charge in [0.25, 0.3) is 0 Å². The fraction of sp³-hybridized carbons (Fsp3) is 0.500. The zero-order valence-corrected chi connectivity index (χ0v) is 15.4. The molecule has 2 aliphatic rings. The van der Waals surface area contributed by atoms with E-state index in [4.69, 9.17) is 9.47 Å². The summed E-state index contributed by atoms with van der Waals surface area (Å²) in [6, 6.07) is 8.03. The second kappa shape index (κ2) is 8.44. The van der Waals surface area contributed by atoms with Gasteiger partial charge >= 0.3 is 12.1 Å². The second-order valence-electron chi connectivity index (χ2n) is 6.26. The Labute approximate surface area is 156 Å². The largest absolute Gasteiger partial charge is 0.467 e. The summed E-state index contributed by atoms with van der Waals surface area (Å²) < 4.78 is 10.0. The first-order valence-corrected chi connectivity index (χ1v) is 9.64. The fourth-order valence-electron chi connectivity index (χ4n) is 3.26. The van der Waals surface area contributed by atoms with Crippen molar-refractivity contribution in [3.05, 3.63) is 35.9 Å². The molecular weight excluding hydrogens is 356 g/mol. The summed E-state index contributed by atoms with van der Waals surface area (Å²) >= 11 is 1.57. The lowest BCUT2D eigenvalue weighted by Crippen LogP contribution is -2.62. The molecule has 0 aliphatic carbocycles. The number of carbonyl (C=O) groups is 3. The van der Waals surface area contributed by atoms with E-state index >= 15 is 0 Å². The van der Waals surface area contributed by atoms with Crippen LogP contribution in [0.3, 0.4) is 0 Å². The molecule has 26 heavy (non-hydrogen) atoms. The molecule has 1 aromatic rings. The number of hydrogen-bond acceptors (Lipinski definition) is 6. The summed E-state index contributed by atoms with van der Waals surface area (Å²) in [5.41, 5.74) is 0.869. The number of ether oxygens (including phenoxy) is 2. The summed E-state index contributed by atoms with van der Waals surface area (Å²) in [6.07, 6.45) is 1.66. The van der Waals surface area contributed by atoms with E-state index in [-0.39, 0.29) is 17.9 Å². The summed E-state index contributed by atoms with van der Waals surface area (Å²) in [7, 11) is 1.32. The number of methoxy groups -OCH3 is 1. The average Bonchev–Trinajstić information content (AvgIpc) is 2.68. The molecule has 2 amide bonds. The Morgan fingerprint density at radius 3 is 2.77 bits per heavy atom. The minimum atomic E-state index is -0.704. The van der Waals surface area contributed by atoms with Crippen LogP contribution in [0.4, 0.5) is 4.79 Å². The number of amides is 2. The number of rotatable bonds is 4. The summed E-state index contributed by atoms with van der Waals surface area (Å²) in [5.74, 6) is -0.189. The van der Waals surface area contributed by atoms with E-state index < -0.39 is 24.1 Å². The van der Waals surface area contributed by atoms with Crippen molar-refractivity contribution in [1.82, 2.24) is 10.2 Å². The number of benzene rings is 1. The van der Waals surface area contributed by atoms with Crippen molar-refractivity contribution >= 4 is 29.7 Å². The van der Waals surface area contributed by atoms with Crippen LogP contribution in [-0.4, -0.2) is 53.2 Å². The second-order valence-corrected chi connectivity index (χ2v) is 7.47. The first kappa shape index (κ1) is 18.6. The lowest BCUT2D eigenvalue weighted by molar-refractivity contribution is -0.156. The Hall–Kier alpha value is -2.22. The number of alkyl carbamates (subject to hydrolysis) is 1. The molecule has 2 saturated heterocycles. The van der Waals surface area contributed by atoms with Gasteiger partial charge in [-0.25, -0.2) is 9.59 Å². The van der Waals surface area contributed by atoms with Gasteiger partial charge < -0.3 is 19.7 Å². The number of esters is 1. The Balaban J connectivity index is 1.59. The molecule has 2 aliphatic heterocycles. The number of fused-ring (bicyclic) bond motifs is 1. The van der Waals surface area contributed by atoms with Crippen molar-refractivity contribution in [2.45, 2.75) is 43.3 Å². The molecule has 2 fully saturated rings. The number of hydrogen-bond donors (Lipinski definition) is 1. The zero-order valence-electron chi connectivity index (χ0n) is 14.6. The lowest BCUT2D eigenvalue weighted by Gasteiger charge is -2.45. The highest BCUT2D eigenvalue weighted by molar-refractivity contribution is 8.00. The van der Waals surface area contributed by atoms with Crippen molar-refractivity contribution in [2.75, 3.05) is 12.9 Å². The van der Waals surface area contributed by atoms with Gasteiger partial charge in [0.15, 0.2) is 0 Å². The smallest absolute Gasteiger partial charge is 0.408 e. The van der Waals surface area contributed by atoms with Crippen molar-refractivity contribution in [3.8, 4) is 0 Å². The van der Waals surface area contributed by atoms with Crippen LogP contribution >= 0.6 is 11.8 Å². The first-order valence-electron chi connectivity index (χ1n) is 8.59. The minimum Gasteiger partial charge on any atom is -0.467 e. The van der Waals surface area contributed by atoms with E-state index in [1.165, 1.54) is 7.11 Å². The Bertz CT molecular complexity index is 669. The van der Waals surface area contributed by atoms with E-state index in [9.17, 15) is 14.4 Å². The normalized spacial score (nSPS) is 25.2. The van der Waals surface area contributed by atoms with Crippen LogP contribution in [0, 0.1) is 0 Å². The molecule has 3 rings (SSSR count). The molecule has 0 saturated carbocycles. The highest BCUT2D eigenvalue weighted by Crippen LogP contribution is 2.35. The number of nitrogens with zero attached hydrogens (tertiary/aromatic N) is 1. The molecule has 7 nitrogen and oxygen atoms in total. The zero-order chi connectivity index (χ0) is 18.5. The highest BCUT2D eigenvalue weighted by Gasteiger charge is 2.45. The molecular formula is C18H22N2O5S. The quantitative estimate of drug-likeness (QED) is 0.806. The van der Waals surface area contributed by atoms with Gasteiger partial charge in [0.1, 0.15) is 18.7 Å². The summed E-state index contributed by atoms with van der Waals surface area (Å²) in [4.78, 5) is 38.5. The Morgan fingerprint density at radius 1 is 1.27 bits per heavy atom. The van der Waals surface area contributed by atoms with Crippen LogP contribution in [0.5, 0.6) is 0 Å². The first-order chi connectivity index (χ1) is 12.6. The van der Waals surface area contributed by atoms with Crippen LogP contribution in [0.1, 0.15) is 24.8 Å². The maximum absolute atomic E-state index is 12.8. The van der Waals surface area contributed by atoms with Crippen LogP contribution in [0.25, 0.3) is 0 Å². The highest BCUT2D eigenvalue weighted by atomic mass is 32.2. The number of carbonyl (C=O) groups excluding carboxylic acids is 3. The lowest BCUT2D eigenvalue weighted by atomic mass is 10.0. The SMILES string of the molecule is COC(=O)[C@@H]1CCC[C@@H]2SC[C@H](NC(=O)OCc3ccccc3)C(=O)N21. The van der Waals surface area contributed by atoms with Gasteiger partial charge in [0.2, 0.25) is 5.91 Å². The molecule has 2 heterocycles.